The lowest BCUT2D eigenvalue weighted by Crippen LogP contribution is -2.27. The van der Waals surface area contributed by atoms with Crippen LogP contribution >= 0.6 is 0 Å². The average Bonchev–Trinajstić information content (AvgIpc) is 2.50. The van der Waals surface area contributed by atoms with E-state index in [9.17, 15) is 9.59 Å². The molecule has 0 radical (unpaired) electrons. The first-order valence-electron chi connectivity index (χ1n) is 7.99. The van der Waals surface area contributed by atoms with E-state index in [4.69, 9.17) is 0 Å². The highest BCUT2D eigenvalue weighted by Gasteiger charge is 2.04. The summed E-state index contributed by atoms with van der Waals surface area (Å²) in [5.41, 5.74) is 2.53. The maximum Gasteiger partial charge on any atom is 0.251 e. The van der Waals surface area contributed by atoms with Gasteiger partial charge in [-0.25, -0.2) is 0 Å². The summed E-state index contributed by atoms with van der Waals surface area (Å²) in [5.74, 6) is 0.0706. The second-order valence-electron chi connectivity index (χ2n) is 6.21. The van der Waals surface area contributed by atoms with Crippen LogP contribution in [-0.2, 0) is 11.2 Å². The number of nitrogens with zero attached hydrogens (tertiary/aromatic N) is 1. The third kappa shape index (κ3) is 5.21. The molecule has 23 heavy (non-hydrogen) atoms. The molecule has 2 rings (SSSR count). The molecule has 0 fully saturated rings. The molecule has 0 saturated carbocycles. The molecule has 0 aliphatic heterocycles. The molecule has 2 aromatic rings. The molecule has 0 aliphatic rings. The van der Waals surface area contributed by atoms with Gasteiger partial charge >= 0.3 is 0 Å². The number of nitrogens with one attached hydrogen (secondary N) is 2. The molecule has 2 N–H and O–H groups in total. The summed E-state index contributed by atoms with van der Waals surface area (Å²) in [6, 6.07) is 7.84. The zero-order valence-electron chi connectivity index (χ0n) is 14.1. The van der Waals surface area contributed by atoms with E-state index in [2.05, 4.69) is 15.2 Å². The van der Waals surface area contributed by atoms with Crippen molar-refractivity contribution in [2.75, 3.05) is 27.2 Å². The Labute approximate surface area is 136 Å². The number of fused-ring (bicyclic) bond motifs is 1. The third-order valence-electron chi connectivity index (χ3n) is 3.84. The Morgan fingerprint density at radius 1 is 1.26 bits per heavy atom. The number of aromatic amines is 1. The van der Waals surface area contributed by atoms with Crippen molar-refractivity contribution in [1.82, 2.24) is 15.2 Å². The highest BCUT2D eigenvalue weighted by Crippen LogP contribution is 2.14. The lowest BCUT2D eigenvalue weighted by Gasteiger charge is -2.10. The minimum atomic E-state index is -0.0618. The number of rotatable bonds is 7. The summed E-state index contributed by atoms with van der Waals surface area (Å²) in [4.78, 5) is 28.5. The highest BCUT2D eigenvalue weighted by atomic mass is 16.1. The molecule has 0 saturated heterocycles. The molecule has 0 atom stereocenters. The number of aromatic nitrogens is 1. The fraction of sp³-hybridized carbons (Fsp3) is 0.444. The van der Waals surface area contributed by atoms with Crippen LogP contribution in [0.1, 0.15) is 24.0 Å². The van der Waals surface area contributed by atoms with Gasteiger partial charge in [-0.05, 0) is 63.5 Å². The molecule has 0 aliphatic carbocycles. The SMILES string of the molecule is Cc1cc2ccc(CCC(=O)NCCCN(C)C)cc2[nH]c1=O. The monoisotopic (exact) mass is 315 g/mol. The normalized spacial score (nSPS) is 11.1. The number of hydrogen-bond acceptors (Lipinski definition) is 3. The number of hydrogen-bond donors (Lipinski definition) is 2. The van der Waals surface area contributed by atoms with E-state index in [1.165, 1.54) is 0 Å². The van der Waals surface area contributed by atoms with Crippen LogP contribution in [0, 0.1) is 6.92 Å². The summed E-state index contributed by atoms with van der Waals surface area (Å²) in [6.07, 6.45) is 2.09. The zero-order valence-corrected chi connectivity index (χ0v) is 14.1. The van der Waals surface area contributed by atoms with Gasteiger partial charge in [-0.15, -0.1) is 0 Å². The van der Waals surface area contributed by atoms with Crippen molar-refractivity contribution in [1.29, 1.82) is 0 Å². The van der Waals surface area contributed by atoms with Gasteiger partial charge in [0.2, 0.25) is 5.91 Å². The maximum absolute atomic E-state index is 11.8. The summed E-state index contributed by atoms with van der Waals surface area (Å²) < 4.78 is 0. The summed E-state index contributed by atoms with van der Waals surface area (Å²) in [5, 5.41) is 3.95. The van der Waals surface area contributed by atoms with Gasteiger partial charge in [0, 0.05) is 24.0 Å². The Morgan fingerprint density at radius 2 is 2.04 bits per heavy atom. The van der Waals surface area contributed by atoms with Gasteiger partial charge in [0.25, 0.3) is 5.56 Å². The van der Waals surface area contributed by atoms with Gasteiger partial charge in [0.15, 0.2) is 0 Å². The molecule has 124 valence electrons. The van der Waals surface area contributed by atoms with Gasteiger partial charge < -0.3 is 15.2 Å². The van der Waals surface area contributed by atoms with Gasteiger partial charge in [-0.3, -0.25) is 9.59 Å². The molecule has 1 aromatic heterocycles. The number of H-pyrrole nitrogens is 1. The molecular formula is C18H25N3O2. The largest absolute Gasteiger partial charge is 0.356 e. The first-order chi connectivity index (χ1) is 11.0. The van der Waals surface area contributed by atoms with Crippen LogP contribution in [0.25, 0.3) is 10.9 Å². The molecule has 0 spiro atoms. The van der Waals surface area contributed by atoms with E-state index in [0.717, 1.165) is 29.4 Å². The second-order valence-corrected chi connectivity index (χ2v) is 6.21. The number of benzene rings is 1. The first kappa shape index (κ1) is 17.2. The van der Waals surface area contributed by atoms with Crippen molar-refractivity contribution >= 4 is 16.8 Å². The predicted octanol–water partition coefficient (Wildman–Crippen LogP) is 1.84. The number of aryl methyl sites for hydroxylation is 2. The average molecular weight is 315 g/mol. The lowest BCUT2D eigenvalue weighted by molar-refractivity contribution is -0.121. The van der Waals surface area contributed by atoms with Crippen molar-refractivity contribution in [3.8, 4) is 0 Å². The predicted molar refractivity (Wildman–Crippen MR) is 93.8 cm³/mol. The fourth-order valence-electron chi connectivity index (χ4n) is 2.48. The van der Waals surface area contributed by atoms with E-state index in [0.29, 0.717) is 24.9 Å². The fourth-order valence-corrected chi connectivity index (χ4v) is 2.48. The molecule has 5 nitrogen and oxygen atoms in total. The Balaban J connectivity index is 1.88. The maximum atomic E-state index is 11.8. The Bertz CT molecular complexity index is 735. The Morgan fingerprint density at radius 3 is 2.78 bits per heavy atom. The minimum absolute atomic E-state index is 0.0618. The highest BCUT2D eigenvalue weighted by molar-refractivity contribution is 5.80. The van der Waals surface area contributed by atoms with E-state index < -0.39 is 0 Å². The summed E-state index contributed by atoms with van der Waals surface area (Å²) >= 11 is 0. The van der Waals surface area contributed by atoms with Crippen molar-refractivity contribution in [3.63, 3.8) is 0 Å². The standard InChI is InChI=1S/C18H25N3O2/c1-13-11-15-7-5-14(12-16(15)20-18(13)23)6-8-17(22)19-9-4-10-21(2)3/h5,7,11-12H,4,6,8-10H2,1-3H3,(H,19,22)(H,20,23). The second kappa shape index (κ2) is 7.92. The minimum Gasteiger partial charge on any atom is -0.356 e. The zero-order chi connectivity index (χ0) is 16.8. The number of carbonyl (C=O) groups excluding carboxylic acids is 1. The van der Waals surface area contributed by atoms with Crippen molar-refractivity contribution in [2.45, 2.75) is 26.2 Å². The summed E-state index contributed by atoms with van der Waals surface area (Å²) in [6.45, 7) is 3.48. The molecule has 0 unspecified atom stereocenters. The van der Waals surface area contributed by atoms with Gasteiger partial charge in [-0.2, -0.15) is 0 Å². The van der Waals surface area contributed by atoms with Crippen LogP contribution in [-0.4, -0.2) is 43.0 Å². The van der Waals surface area contributed by atoms with E-state index in [1.54, 1.807) is 6.92 Å². The molecule has 5 heteroatoms. The van der Waals surface area contributed by atoms with Crippen LogP contribution in [0.5, 0.6) is 0 Å². The first-order valence-corrected chi connectivity index (χ1v) is 7.99. The van der Waals surface area contributed by atoms with Crippen LogP contribution < -0.4 is 10.9 Å². The molecule has 1 heterocycles. The number of amides is 1. The quantitative estimate of drug-likeness (QED) is 0.766. The number of carbonyl (C=O) groups is 1. The smallest absolute Gasteiger partial charge is 0.251 e. The summed E-state index contributed by atoms with van der Waals surface area (Å²) in [7, 11) is 4.04. The van der Waals surface area contributed by atoms with Crippen molar-refractivity contribution in [3.05, 3.63) is 45.7 Å². The van der Waals surface area contributed by atoms with Gasteiger partial charge in [-0.1, -0.05) is 12.1 Å². The van der Waals surface area contributed by atoms with E-state index in [-0.39, 0.29) is 11.5 Å². The van der Waals surface area contributed by atoms with Crippen molar-refractivity contribution in [2.24, 2.45) is 0 Å². The Hall–Kier alpha value is -2.14. The topological polar surface area (TPSA) is 65.2 Å². The van der Waals surface area contributed by atoms with Gasteiger partial charge in [0.1, 0.15) is 0 Å². The molecule has 0 bridgehead atoms. The Kier molecular flexibility index (Phi) is 5.93. The van der Waals surface area contributed by atoms with Crippen LogP contribution in [0.4, 0.5) is 0 Å². The van der Waals surface area contributed by atoms with E-state index >= 15 is 0 Å². The molecule has 1 aromatic carbocycles. The lowest BCUT2D eigenvalue weighted by atomic mass is 10.1. The van der Waals surface area contributed by atoms with E-state index in [1.807, 2.05) is 38.4 Å². The van der Waals surface area contributed by atoms with Crippen LogP contribution in [0.2, 0.25) is 0 Å². The van der Waals surface area contributed by atoms with Crippen molar-refractivity contribution < 1.29 is 4.79 Å². The molecular weight excluding hydrogens is 290 g/mol. The van der Waals surface area contributed by atoms with Crippen LogP contribution in [0.3, 0.4) is 0 Å². The molecule has 1 amide bonds. The number of pyridine rings is 1. The van der Waals surface area contributed by atoms with Crippen LogP contribution in [0.15, 0.2) is 29.1 Å². The third-order valence-corrected chi connectivity index (χ3v) is 3.84. The van der Waals surface area contributed by atoms with Gasteiger partial charge in [0.05, 0.1) is 0 Å².